The van der Waals surface area contributed by atoms with E-state index in [9.17, 15) is 14.3 Å². The van der Waals surface area contributed by atoms with E-state index in [1.54, 1.807) is 11.8 Å². The number of nitrogen functional groups attached to an aromatic ring is 1. The number of amides is 1. The molecule has 1 atom stereocenters. The minimum absolute atomic E-state index is 0.0244. The SMILES string of the molecule is Cc1cc(F)c(N)cc1C(=O)N1CCCC1CO. The summed E-state index contributed by atoms with van der Waals surface area (Å²) in [5.41, 5.74) is 6.45. The maximum atomic E-state index is 13.3. The predicted octanol–water partition coefficient (Wildman–Crippen LogP) is 1.31. The zero-order valence-electron chi connectivity index (χ0n) is 10.3. The molecule has 0 saturated carbocycles. The molecule has 1 aromatic rings. The van der Waals surface area contributed by atoms with Crippen LogP contribution in [0.25, 0.3) is 0 Å². The lowest BCUT2D eigenvalue weighted by atomic mass is 10.1. The summed E-state index contributed by atoms with van der Waals surface area (Å²) in [7, 11) is 0. The first kappa shape index (κ1) is 12.8. The van der Waals surface area contributed by atoms with E-state index in [1.807, 2.05) is 0 Å². The Morgan fingerprint density at radius 1 is 1.61 bits per heavy atom. The van der Waals surface area contributed by atoms with Crippen molar-refractivity contribution < 1.29 is 14.3 Å². The Morgan fingerprint density at radius 3 is 3.00 bits per heavy atom. The molecule has 1 amide bonds. The van der Waals surface area contributed by atoms with Crippen molar-refractivity contribution >= 4 is 11.6 Å². The number of rotatable bonds is 2. The predicted molar refractivity (Wildman–Crippen MR) is 66.7 cm³/mol. The molecule has 0 spiro atoms. The van der Waals surface area contributed by atoms with Gasteiger partial charge >= 0.3 is 0 Å². The molecule has 2 rings (SSSR count). The van der Waals surface area contributed by atoms with Crippen LogP contribution < -0.4 is 5.73 Å². The van der Waals surface area contributed by atoms with Gasteiger partial charge in [0.25, 0.3) is 5.91 Å². The van der Waals surface area contributed by atoms with Crippen LogP contribution in [0.3, 0.4) is 0 Å². The minimum Gasteiger partial charge on any atom is -0.396 e. The molecule has 98 valence electrons. The molecular weight excluding hydrogens is 235 g/mol. The van der Waals surface area contributed by atoms with Gasteiger partial charge in [-0.15, -0.1) is 0 Å². The van der Waals surface area contributed by atoms with Crippen molar-refractivity contribution in [3.63, 3.8) is 0 Å². The summed E-state index contributed by atoms with van der Waals surface area (Å²) in [4.78, 5) is 14.0. The lowest BCUT2D eigenvalue weighted by Crippen LogP contribution is -2.38. The third-order valence-corrected chi connectivity index (χ3v) is 3.42. The molecular formula is C13H17FN2O2. The van der Waals surface area contributed by atoms with Crippen LogP contribution in [0.5, 0.6) is 0 Å². The Labute approximate surface area is 105 Å². The summed E-state index contributed by atoms with van der Waals surface area (Å²) < 4.78 is 13.3. The molecule has 0 bridgehead atoms. The maximum Gasteiger partial charge on any atom is 0.254 e. The molecule has 1 aliphatic rings. The fourth-order valence-electron chi connectivity index (χ4n) is 2.37. The number of carbonyl (C=O) groups is 1. The topological polar surface area (TPSA) is 66.6 Å². The van der Waals surface area contributed by atoms with Gasteiger partial charge in [-0.05, 0) is 37.5 Å². The Kier molecular flexibility index (Phi) is 3.52. The third kappa shape index (κ3) is 2.18. The Morgan fingerprint density at radius 2 is 2.33 bits per heavy atom. The first-order valence-electron chi connectivity index (χ1n) is 6.02. The first-order chi connectivity index (χ1) is 8.54. The van der Waals surface area contributed by atoms with E-state index in [-0.39, 0.29) is 24.2 Å². The molecule has 3 N–H and O–H groups in total. The van der Waals surface area contributed by atoms with Crippen LogP contribution in [0.2, 0.25) is 0 Å². The number of aliphatic hydroxyl groups excluding tert-OH is 1. The molecule has 18 heavy (non-hydrogen) atoms. The number of aryl methyl sites for hydroxylation is 1. The van der Waals surface area contributed by atoms with Crippen molar-refractivity contribution in [2.24, 2.45) is 0 Å². The lowest BCUT2D eigenvalue weighted by Gasteiger charge is -2.24. The van der Waals surface area contributed by atoms with Gasteiger partial charge in [0, 0.05) is 12.1 Å². The highest BCUT2D eigenvalue weighted by molar-refractivity contribution is 5.96. The number of anilines is 1. The van der Waals surface area contributed by atoms with Crippen molar-refractivity contribution in [1.29, 1.82) is 0 Å². The summed E-state index contributed by atoms with van der Waals surface area (Å²) in [6, 6.07) is 2.51. The number of likely N-dealkylation sites (tertiary alicyclic amines) is 1. The van der Waals surface area contributed by atoms with Crippen LogP contribution in [0, 0.1) is 12.7 Å². The van der Waals surface area contributed by atoms with E-state index in [4.69, 9.17) is 5.73 Å². The summed E-state index contributed by atoms with van der Waals surface area (Å²) in [5.74, 6) is -0.695. The largest absolute Gasteiger partial charge is 0.396 e. The van der Waals surface area contributed by atoms with Crippen molar-refractivity contribution in [1.82, 2.24) is 4.90 Å². The number of hydrogen-bond donors (Lipinski definition) is 2. The molecule has 0 aliphatic carbocycles. The average molecular weight is 252 g/mol. The second kappa shape index (κ2) is 4.94. The van der Waals surface area contributed by atoms with Crippen LogP contribution in [-0.2, 0) is 0 Å². The van der Waals surface area contributed by atoms with Gasteiger partial charge in [-0.3, -0.25) is 4.79 Å². The van der Waals surface area contributed by atoms with Gasteiger partial charge in [-0.1, -0.05) is 0 Å². The fraction of sp³-hybridized carbons (Fsp3) is 0.462. The van der Waals surface area contributed by atoms with E-state index in [2.05, 4.69) is 0 Å². The monoisotopic (exact) mass is 252 g/mol. The molecule has 1 unspecified atom stereocenters. The number of halogens is 1. The van der Waals surface area contributed by atoms with Crippen LogP contribution >= 0.6 is 0 Å². The number of nitrogens with zero attached hydrogens (tertiary/aromatic N) is 1. The van der Waals surface area contributed by atoms with Gasteiger partial charge in [0.1, 0.15) is 5.82 Å². The maximum absolute atomic E-state index is 13.3. The molecule has 1 aromatic carbocycles. The van der Waals surface area contributed by atoms with Crippen LogP contribution in [-0.4, -0.2) is 35.1 Å². The van der Waals surface area contributed by atoms with Crippen LogP contribution in [0.15, 0.2) is 12.1 Å². The Bertz CT molecular complexity index is 476. The van der Waals surface area contributed by atoms with Gasteiger partial charge in [0.15, 0.2) is 0 Å². The number of benzene rings is 1. The molecule has 1 saturated heterocycles. The molecule has 1 aliphatic heterocycles. The fourth-order valence-corrected chi connectivity index (χ4v) is 2.37. The summed E-state index contributed by atoms with van der Waals surface area (Å²) in [6.07, 6.45) is 1.69. The summed E-state index contributed by atoms with van der Waals surface area (Å²) >= 11 is 0. The third-order valence-electron chi connectivity index (χ3n) is 3.42. The molecule has 1 heterocycles. The van der Waals surface area contributed by atoms with E-state index < -0.39 is 5.82 Å². The molecule has 0 aromatic heterocycles. The normalized spacial score (nSPS) is 19.3. The zero-order valence-corrected chi connectivity index (χ0v) is 10.3. The van der Waals surface area contributed by atoms with Crippen molar-refractivity contribution in [2.75, 3.05) is 18.9 Å². The van der Waals surface area contributed by atoms with Gasteiger partial charge in [0.05, 0.1) is 18.3 Å². The Balaban J connectivity index is 2.31. The number of hydrogen-bond acceptors (Lipinski definition) is 3. The van der Waals surface area contributed by atoms with Gasteiger partial charge in [-0.25, -0.2) is 4.39 Å². The van der Waals surface area contributed by atoms with E-state index >= 15 is 0 Å². The van der Waals surface area contributed by atoms with E-state index in [0.29, 0.717) is 17.7 Å². The lowest BCUT2D eigenvalue weighted by molar-refractivity contribution is 0.0677. The minimum atomic E-state index is -0.510. The highest BCUT2D eigenvalue weighted by atomic mass is 19.1. The summed E-state index contributed by atoms with van der Waals surface area (Å²) in [5, 5.41) is 9.22. The summed E-state index contributed by atoms with van der Waals surface area (Å²) in [6.45, 7) is 2.27. The van der Waals surface area contributed by atoms with Gasteiger partial charge in [0.2, 0.25) is 0 Å². The smallest absolute Gasteiger partial charge is 0.254 e. The highest BCUT2D eigenvalue weighted by Crippen LogP contribution is 2.23. The van der Waals surface area contributed by atoms with Gasteiger partial charge < -0.3 is 15.7 Å². The molecule has 5 heteroatoms. The van der Waals surface area contributed by atoms with Crippen molar-refractivity contribution in [2.45, 2.75) is 25.8 Å². The molecule has 0 radical (unpaired) electrons. The number of carbonyl (C=O) groups excluding carboxylic acids is 1. The molecule has 1 fully saturated rings. The quantitative estimate of drug-likeness (QED) is 0.780. The second-order valence-electron chi connectivity index (χ2n) is 4.67. The standard InChI is InChI=1S/C13H17FN2O2/c1-8-5-11(14)12(15)6-10(8)13(18)16-4-2-3-9(16)7-17/h5-6,9,17H,2-4,7,15H2,1H3. The van der Waals surface area contributed by atoms with E-state index in [1.165, 1.54) is 12.1 Å². The van der Waals surface area contributed by atoms with Crippen molar-refractivity contribution in [3.8, 4) is 0 Å². The molecule has 4 nitrogen and oxygen atoms in total. The van der Waals surface area contributed by atoms with E-state index in [0.717, 1.165) is 12.8 Å². The van der Waals surface area contributed by atoms with Crippen molar-refractivity contribution in [3.05, 3.63) is 29.1 Å². The highest BCUT2D eigenvalue weighted by Gasteiger charge is 2.29. The van der Waals surface area contributed by atoms with Gasteiger partial charge in [-0.2, -0.15) is 0 Å². The Hall–Kier alpha value is -1.62. The van der Waals surface area contributed by atoms with Crippen LogP contribution in [0.1, 0.15) is 28.8 Å². The second-order valence-corrected chi connectivity index (χ2v) is 4.67. The van der Waals surface area contributed by atoms with Crippen LogP contribution in [0.4, 0.5) is 10.1 Å². The first-order valence-corrected chi connectivity index (χ1v) is 6.02. The zero-order chi connectivity index (χ0) is 13.3. The number of nitrogens with two attached hydrogens (primary N) is 1. The number of aliphatic hydroxyl groups is 1. The average Bonchev–Trinajstić information content (AvgIpc) is 2.81.